The van der Waals surface area contributed by atoms with Crippen molar-refractivity contribution in [2.24, 2.45) is 0 Å². The lowest BCUT2D eigenvalue weighted by molar-refractivity contribution is 0.260. The molecule has 0 spiro atoms. The molecule has 0 bridgehead atoms. The van der Waals surface area contributed by atoms with Crippen LogP contribution < -0.4 is 15.4 Å². The third kappa shape index (κ3) is 5.34. The Labute approximate surface area is 351 Å². The van der Waals surface area contributed by atoms with Crippen molar-refractivity contribution in [3.05, 3.63) is 206 Å². The molecule has 2 atom stereocenters. The normalized spacial score (nSPS) is 15.8. The first-order chi connectivity index (χ1) is 30.2. The Balaban J connectivity index is 0.903. The molecule has 0 radical (unpaired) electrons. The number of para-hydroxylation sites is 1. The van der Waals surface area contributed by atoms with Gasteiger partial charge in [0.1, 0.15) is 5.75 Å². The molecule has 0 fully saturated rings. The molecule has 0 aliphatic carbocycles. The summed E-state index contributed by atoms with van der Waals surface area (Å²) in [6.07, 6.45) is 7.94. The molecule has 2 aliphatic rings. The largest absolute Gasteiger partial charge is 0.464 e. The lowest BCUT2D eigenvalue weighted by Gasteiger charge is -2.17. The average Bonchev–Trinajstić information content (AvgIpc) is 3.78. The van der Waals surface area contributed by atoms with E-state index in [1.165, 1.54) is 49.0 Å². The minimum atomic E-state index is -0.252. The molecule has 9 aromatic carbocycles. The van der Waals surface area contributed by atoms with Crippen molar-refractivity contribution < 1.29 is 4.74 Å². The third-order valence-corrected chi connectivity index (χ3v) is 12.7. The number of allylic oxidation sites excluding steroid dienone is 2. The quantitative estimate of drug-likeness (QED) is 0.170. The molecule has 2 aliphatic heterocycles. The Hall–Kier alpha value is -8.02. The van der Waals surface area contributed by atoms with Crippen LogP contribution in [-0.2, 0) is 0 Å². The Bertz CT molecular complexity index is 3630. The van der Waals surface area contributed by atoms with Gasteiger partial charge in [-0.15, -0.1) is 0 Å². The van der Waals surface area contributed by atoms with Crippen LogP contribution in [0.1, 0.15) is 23.5 Å². The summed E-state index contributed by atoms with van der Waals surface area (Å²) in [5.74, 6) is 0.853. The second-order valence-corrected chi connectivity index (χ2v) is 16.1. The summed E-state index contributed by atoms with van der Waals surface area (Å²) < 4.78 is 6.47. The fourth-order valence-electron chi connectivity index (χ4n) is 9.77. The summed E-state index contributed by atoms with van der Waals surface area (Å²) in [4.78, 5) is 10.4. The van der Waals surface area contributed by atoms with Crippen molar-refractivity contribution in [3.63, 3.8) is 0 Å². The van der Waals surface area contributed by atoms with Gasteiger partial charge in [-0.25, -0.2) is 4.98 Å². The summed E-state index contributed by atoms with van der Waals surface area (Å²) >= 11 is 0. The predicted molar refractivity (Wildman–Crippen MR) is 252 cm³/mol. The molecule has 2 unspecified atom stereocenters. The van der Waals surface area contributed by atoms with Crippen LogP contribution in [0.4, 0.5) is 5.69 Å². The smallest absolute Gasteiger partial charge is 0.196 e. The SMILES string of the molecule is C1=CNC(c2ccc3ccc(-c4ccc5ccc6c(-c7ccc(-c8nc9ccccc9c9c%10c(ccc89)OC(c8ccccc8)N%10)cc7)ccc7ccc4c5c76)cc3n2)C=C1. The summed E-state index contributed by atoms with van der Waals surface area (Å²) in [5, 5.41) is 19.1. The van der Waals surface area contributed by atoms with Crippen molar-refractivity contribution in [1.82, 2.24) is 15.3 Å². The van der Waals surface area contributed by atoms with Gasteiger partial charge in [0.2, 0.25) is 0 Å². The average molecular weight is 781 g/mol. The van der Waals surface area contributed by atoms with E-state index in [1.54, 1.807) is 0 Å². The number of hydrogen-bond acceptors (Lipinski definition) is 5. The molecule has 0 saturated carbocycles. The monoisotopic (exact) mass is 780 g/mol. The minimum Gasteiger partial charge on any atom is -0.464 e. The van der Waals surface area contributed by atoms with Crippen LogP contribution in [-0.4, -0.2) is 9.97 Å². The Morgan fingerprint density at radius 2 is 1.15 bits per heavy atom. The molecule has 0 saturated heterocycles. The van der Waals surface area contributed by atoms with Crippen LogP contribution in [0, 0.1) is 0 Å². The molecule has 5 nitrogen and oxygen atoms in total. The number of fused-ring (bicyclic) bond motifs is 6. The molecule has 2 N–H and O–H groups in total. The van der Waals surface area contributed by atoms with E-state index in [-0.39, 0.29) is 12.3 Å². The van der Waals surface area contributed by atoms with Gasteiger partial charge in [-0.1, -0.05) is 152 Å². The molecular formula is C56H36N4O. The number of rotatable bonds is 5. The number of hydrogen-bond donors (Lipinski definition) is 2. The summed E-state index contributed by atoms with van der Waals surface area (Å²) in [7, 11) is 0. The van der Waals surface area contributed by atoms with Gasteiger partial charge in [-0.05, 0) is 97.2 Å². The van der Waals surface area contributed by atoms with E-state index < -0.39 is 0 Å². The maximum Gasteiger partial charge on any atom is 0.196 e. The highest BCUT2D eigenvalue weighted by atomic mass is 16.5. The van der Waals surface area contributed by atoms with Gasteiger partial charge >= 0.3 is 0 Å². The van der Waals surface area contributed by atoms with Gasteiger partial charge in [0.25, 0.3) is 0 Å². The van der Waals surface area contributed by atoms with E-state index in [4.69, 9.17) is 14.7 Å². The predicted octanol–water partition coefficient (Wildman–Crippen LogP) is 14.1. The van der Waals surface area contributed by atoms with Gasteiger partial charge in [0.15, 0.2) is 6.23 Å². The van der Waals surface area contributed by atoms with Gasteiger partial charge in [0.05, 0.1) is 34.2 Å². The van der Waals surface area contributed by atoms with Crippen LogP contribution in [0.3, 0.4) is 0 Å². The van der Waals surface area contributed by atoms with Gasteiger partial charge < -0.3 is 15.4 Å². The molecule has 286 valence electrons. The van der Waals surface area contributed by atoms with Crippen molar-refractivity contribution >= 4 is 70.6 Å². The number of nitrogens with zero attached hydrogens (tertiary/aromatic N) is 2. The minimum absolute atomic E-state index is 0.0655. The topological polar surface area (TPSA) is 59.1 Å². The van der Waals surface area contributed by atoms with Crippen molar-refractivity contribution in [2.45, 2.75) is 12.3 Å². The zero-order chi connectivity index (χ0) is 40.0. The van der Waals surface area contributed by atoms with Crippen LogP contribution in [0.2, 0.25) is 0 Å². The number of ether oxygens (including phenoxy) is 1. The van der Waals surface area contributed by atoms with Crippen LogP contribution in [0.5, 0.6) is 5.75 Å². The summed E-state index contributed by atoms with van der Waals surface area (Å²) in [5.41, 5.74) is 11.8. The molecule has 5 heteroatoms. The van der Waals surface area contributed by atoms with E-state index in [0.717, 1.165) is 72.1 Å². The zero-order valence-corrected chi connectivity index (χ0v) is 32.9. The number of benzene rings is 9. The van der Waals surface area contributed by atoms with Crippen LogP contribution >= 0.6 is 0 Å². The number of pyridine rings is 2. The zero-order valence-electron chi connectivity index (χ0n) is 32.9. The van der Waals surface area contributed by atoms with E-state index in [2.05, 4.69) is 174 Å². The second kappa shape index (κ2) is 13.2. The summed E-state index contributed by atoms with van der Waals surface area (Å²) in [6, 6.07) is 61.2. The lowest BCUT2D eigenvalue weighted by atomic mass is 9.87. The Kier molecular flexibility index (Phi) is 7.36. The molecule has 0 amide bonds. The third-order valence-electron chi connectivity index (χ3n) is 12.7. The molecule has 2 aromatic heterocycles. The van der Waals surface area contributed by atoms with E-state index in [0.29, 0.717) is 0 Å². The Morgan fingerprint density at radius 3 is 1.93 bits per heavy atom. The van der Waals surface area contributed by atoms with Crippen molar-refractivity contribution in [1.29, 1.82) is 0 Å². The highest BCUT2D eigenvalue weighted by Crippen LogP contribution is 2.48. The highest BCUT2D eigenvalue weighted by Gasteiger charge is 2.27. The van der Waals surface area contributed by atoms with Gasteiger partial charge in [0, 0.05) is 32.7 Å². The van der Waals surface area contributed by atoms with E-state index in [9.17, 15) is 0 Å². The van der Waals surface area contributed by atoms with Crippen LogP contribution in [0.15, 0.2) is 194 Å². The first-order valence-electron chi connectivity index (χ1n) is 20.9. The highest BCUT2D eigenvalue weighted by molar-refractivity contribution is 6.27. The first-order valence-corrected chi connectivity index (χ1v) is 20.9. The first kappa shape index (κ1) is 33.9. The van der Waals surface area contributed by atoms with Gasteiger partial charge in [-0.3, -0.25) is 4.98 Å². The van der Waals surface area contributed by atoms with Crippen molar-refractivity contribution in [3.8, 4) is 39.3 Å². The van der Waals surface area contributed by atoms with Gasteiger partial charge in [-0.2, -0.15) is 0 Å². The fourth-order valence-corrected chi connectivity index (χ4v) is 9.77. The lowest BCUT2D eigenvalue weighted by Crippen LogP contribution is -2.16. The number of anilines is 1. The second-order valence-electron chi connectivity index (χ2n) is 16.1. The molecular weight excluding hydrogens is 745 g/mol. The number of dihydropyridines is 1. The fraction of sp³-hybridized carbons (Fsp3) is 0.0357. The van der Waals surface area contributed by atoms with Crippen LogP contribution in [0.25, 0.3) is 98.4 Å². The maximum absolute atomic E-state index is 6.47. The number of nitrogens with one attached hydrogen (secondary N) is 2. The molecule has 11 aromatic rings. The molecule has 13 rings (SSSR count). The molecule has 4 heterocycles. The standard InChI is InChI=1S/C56H36N4O/c1-2-8-38(9-3-1)56-60-55-50(61-56)30-28-45-53(55)44-10-4-5-11-46(44)59-54(45)37-16-13-33(14-17-37)40-24-19-35-22-27-43-41(25-20-36-21-26-42(40)51(35)52(36)43)39-18-15-34-23-29-48(58-49(34)32-39)47-12-6-7-31-57-47/h1-32,47,56-57,60H. The van der Waals surface area contributed by atoms with E-state index >= 15 is 0 Å². The summed E-state index contributed by atoms with van der Waals surface area (Å²) in [6.45, 7) is 0. The number of aromatic nitrogens is 2. The molecule has 61 heavy (non-hydrogen) atoms. The maximum atomic E-state index is 6.47. The van der Waals surface area contributed by atoms with Crippen molar-refractivity contribution in [2.75, 3.05) is 5.32 Å². The Morgan fingerprint density at radius 1 is 0.475 bits per heavy atom. The van der Waals surface area contributed by atoms with E-state index in [1.807, 2.05) is 30.5 Å².